The molecule has 0 spiro atoms. The highest BCUT2D eigenvalue weighted by Crippen LogP contribution is 2.17. The van der Waals surface area contributed by atoms with Crippen LogP contribution in [0, 0.1) is 0 Å². The average molecular weight is 271 g/mol. The van der Waals surface area contributed by atoms with Crippen LogP contribution < -0.4 is 0 Å². The maximum absolute atomic E-state index is 11.7. The van der Waals surface area contributed by atoms with Gasteiger partial charge in [-0.05, 0) is 42.0 Å². The summed E-state index contributed by atoms with van der Waals surface area (Å²) in [7, 11) is 1.30. The molecule has 0 saturated carbocycles. The third-order valence-electron chi connectivity index (χ3n) is 2.68. The largest absolute Gasteiger partial charge is 0.478 e. The van der Waals surface area contributed by atoms with Crippen LogP contribution in [0.2, 0.25) is 0 Å². The fourth-order valence-electron chi connectivity index (χ4n) is 1.79. The van der Waals surface area contributed by atoms with E-state index in [4.69, 9.17) is 9.84 Å². The maximum Gasteiger partial charge on any atom is 0.337 e. The molecule has 1 heterocycles. The first-order valence-electron chi connectivity index (χ1n) is 5.88. The van der Waals surface area contributed by atoms with Crippen LogP contribution in [0.25, 0.3) is 11.8 Å². The van der Waals surface area contributed by atoms with Gasteiger partial charge in [-0.3, -0.25) is 0 Å². The van der Waals surface area contributed by atoms with Gasteiger partial charge in [-0.25, -0.2) is 9.59 Å². The maximum atomic E-state index is 11.7. The summed E-state index contributed by atoms with van der Waals surface area (Å²) >= 11 is 0. The number of carboxylic acid groups (broad SMARTS) is 1. The summed E-state index contributed by atoms with van der Waals surface area (Å²) in [5, 5.41) is 8.67. The molecule has 2 aromatic rings. The summed E-state index contributed by atoms with van der Waals surface area (Å²) in [6, 6.07) is 8.77. The monoisotopic (exact) mass is 271 g/mol. The molecule has 1 aromatic heterocycles. The van der Waals surface area contributed by atoms with Gasteiger partial charge < -0.3 is 14.4 Å². The number of hydrogen-bond donors (Lipinski definition) is 1. The van der Waals surface area contributed by atoms with E-state index in [1.165, 1.54) is 13.2 Å². The quantitative estimate of drug-likeness (QED) is 0.684. The predicted molar refractivity (Wildman–Crippen MR) is 73.8 cm³/mol. The van der Waals surface area contributed by atoms with Gasteiger partial charge in [0, 0.05) is 24.2 Å². The highest BCUT2D eigenvalue weighted by atomic mass is 16.5. The van der Waals surface area contributed by atoms with Crippen LogP contribution in [0.3, 0.4) is 0 Å². The Hall–Kier alpha value is -2.82. The Morgan fingerprint density at radius 1 is 1.20 bits per heavy atom. The lowest BCUT2D eigenvalue weighted by Crippen LogP contribution is -2.03. The summed E-state index contributed by atoms with van der Waals surface area (Å²) in [6.45, 7) is 0. The van der Waals surface area contributed by atoms with Gasteiger partial charge >= 0.3 is 11.9 Å². The lowest BCUT2D eigenvalue weighted by Gasteiger charge is -2.07. The number of benzene rings is 1. The van der Waals surface area contributed by atoms with Crippen molar-refractivity contribution in [2.24, 2.45) is 0 Å². The van der Waals surface area contributed by atoms with E-state index in [1.54, 1.807) is 18.2 Å². The molecule has 0 aliphatic carbocycles. The summed E-state index contributed by atoms with van der Waals surface area (Å²) in [6.07, 6.45) is 6.12. The van der Waals surface area contributed by atoms with Gasteiger partial charge in [-0.15, -0.1) is 0 Å². The fourth-order valence-corrected chi connectivity index (χ4v) is 1.79. The van der Waals surface area contributed by atoms with E-state index in [0.717, 1.165) is 11.8 Å². The number of methoxy groups -OCH3 is 1. The minimum Gasteiger partial charge on any atom is -0.478 e. The number of carboxylic acids is 1. The second kappa shape index (κ2) is 5.88. The molecule has 1 N–H and O–H groups in total. The summed E-state index contributed by atoms with van der Waals surface area (Å²) < 4.78 is 6.52. The van der Waals surface area contributed by atoms with Gasteiger partial charge in [0.25, 0.3) is 0 Å². The normalized spacial score (nSPS) is 10.7. The molecule has 0 aliphatic rings. The molecule has 0 radical (unpaired) electrons. The van der Waals surface area contributed by atoms with Gasteiger partial charge in [-0.1, -0.05) is 0 Å². The Labute approximate surface area is 115 Å². The lowest BCUT2D eigenvalue weighted by atomic mass is 10.1. The van der Waals surface area contributed by atoms with Crippen LogP contribution in [0.15, 0.2) is 48.8 Å². The molecule has 1 aromatic carbocycles. The second-order valence-electron chi connectivity index (χ2n) is 4.07. The zero-order valence-electron chi connectivity index (χ0n) is 10.8. The molecule has 0 saturated heterocycles. The van der Waals surface area contributed by atoms with Crippen molar-refractivity contribution in [3.8, 4) is 5.69 Å². The van der Waals surface area contributed by atoms with Crippen LogP contribution in [0.5, 0.6) is 0 Å². The molecule has 102 valence electrons. The Morgan fingerprint density at radius 2 is 1.90 bits per heavy atom. The number of carbonyl (C=O) groups is 2. The third-order valence-corrected chi connectivity index (χ3v) is 2.68. The Bertz CT molecular complexity index is 657. The van der Waals surface area contributed by atoms with E-state index in [-0.39, 0.29) is 0 Å². The molecule has 5 nitrogen and oxygen atoms in total. The number of carbonyl (C=O) groups excluding carboxylic acids is 1. The van der Waals surface area contributed by atoms with E-state index >= 15 is 0 Å². The van der Waals surface area contributed by atoms with E-state index in [9.17, 15) is 9.59 Å². The standard InChI is InChI=1S/C15H13NO4/c1-20-15(19)12-8-11(4-5-14(17)18)9-13(10-12)16-6-2-3-7-16/h2-10H,1H3,(H,17,18)/b5-4+. The van der Waals surface area contributed by atoms with Gasteiger partial charge in [0.05, 0.1) is 12.7 Å². The van der Waals surface area contributed by atoms with Crippen LogP contribution in [0.1, 0.15) is 15.9 Å². The molecule has 0 fully saturated rings. The van der Waals surface area contributed by atoms with E-state index in [1.807, 2.05) is 29.1 Å². The minimum atomic E-state index is -1.05. The average Bonchev–Trinajstić information content (AvgIpc) is 2.98. The molecular weight excluding hydrogens is 258 g/mol. The van der Waals surface area contributed by atoms with Crippen molar-refractivity contribution >= 4 is 18.0 Å². The van der Waals surface area contributed by atoms with Crippen molar-refractivity contribution in [1.82, 2.24) is 4.57 Å². The molecule has 0 bridgehead atoms. The van der Waals surface area contributed by atoms with Crippen LogP contribution in [0.4, 0.5) is 0 Å². The molecule has 2 rings (SSSR count). The third kappa shape index (κ3) is 3.14. The molecule has 0 aliphatic heterocycles. The Morgan fingerprint density at radius 3 is 2.50 bits per heavy atom. The number of nitrogens with zero attached hydrogens (tertiary/aromatic N) is 1. The van der Waals surface area contributed by atoms with Crippen LogP contribution >= 0.6 is 0 Å². The number of ether oxygens (including phenoxy) is 1. The van der Waals surface area contributed by atoms with E-state index in [0.29, 0.717) is 11.1 Å². The molecular formula is C15H13NO4. The zero-order chi connectivity index (χ0) is 14.5. The van der Waals surface area contributed by atoms with Crippen molar-refractivity contribution in [3.63, 3.8) is 0 Å². The number of rotatable bonds is 4. The van der Waals surface area contributed by atoms with Gasteiger partial charge in [0.1, 0.15) is 0 Å². The SMILES string of the molecule is COC(=O)c1cc(/C=C/C(=O)O)cc(-n2cccc2)c1. The van der Waals surface area contributed by atoms with Crippen molar-refractivity contribution in [1.29, 1.82) is 0 Å². The first kappa shape index (κ1) is 13.6. The molecule has 0 atom stereocenters. The van der Waals surface area contributed by atoms with E-state index in [2.05, 4.69) is 0 Å². The topological polar surface area (TPSA) is 68.5 Å². The van der Waals surface area contributed by atoms with Crippen molar-refractivity contribution in [2.75, 3.05) is 7.11 Å². The smallest absolute Gasteiger partial charge is 0.337 e. The Kier molecular flexibility index (Phi) is 4.00. The molecule has 0 unspecified atom stereocenters. The van der Waals surface area contributed by atoms with Crippen molar-refractivity contribution in [2.45, 2.75) is 0 Å². The van der Waals surface area contributed by atoms with Crippen molar-refractivity contribution < 1.29 is 19.4 Å². The van der Waals surface area contributed by atoms with Crippen LogP contribution in [-0.2, 0) is 9.53 Å². The predicted octanol–water partition coefficient (Wildman–Crippen LogP) is 2.36. The lowest BCUT2D eigenvalue weighted by molar-refractivity contribution is -0.131. The first-order chi connectivity index (χ1) is 9.60. The van der Waals surface area contributed by atoms with Gasteiger partial charge in [-0.2, -0.15) is 0 Å². The van der Waals surface area contributed by atoms with Crippen LogP contribution in [-0.4, -0.2) is 28.7 Å². The number of hydrogen-bond acceptors (Lipinski definition) is 3. The summed E-state index contributed by atoms with van der Waals surface area (Å²) in [4.78, 5) is 22.2. The fraction of sp³-hybridized carbons (Fsp3) is 0.0667. The highest BCUT2D eigenvalue weighted by molar-refractivity contribution is 5.92. The number of aromatic nitrogens is 1. The van der Waals surface area contributed by atoms with E-state index < -0.39 is 11.9 Å². The number of aliphatic carboxylic acids is 1. The first-order valence-corrected chi connectivity index (χ1v) is 5.88. The summed E-state index contributed by atoms with van der Waals surface area (Å²) in [5.41, 5.74) is 1.73. The molecule has 5 heteroatoms. The second-order valence-corrected chi connectivity index (χ2v) is 4.07. The summed E-state index contributed by atoms with van der Waals surface area (Å²) in [5.74, 6) is -1.51. The zero-order valence-corrected chi connectivity index (χ0v) is 10.8. The highest BCUT2D eigenvalue weighted by Gasteiger charge is 2.09. The Balaban J connectivity index is 2.49. The molecule has 0 amide bonds. The number of esters is 1. The molecule has 20 heavy (non-hydrogen) atoms. The van der Waals surface area contributed by atoms with Crippen molar-refractivity contribution in [3.05, 3.63) is 59.9 Å². The minimum absolute atomic E-state index is 0.365. The van der Waals surface area contributed by atoms with Gasteiger partial charge in [0.2, 0.25) is 0 Å². The van der Waals surface area contributed by atoms with Gasteiger partial charge in [0.15, 0.2) is 0 Å².